The van der Waals surface area contributed by atoms with Crippen LogP contribution >= 0.6 is 11.6 Å². The number of imidazole rings is 1. The van der Waals surface area contributed by atoms with Crippen LogP contribution in [0.3, 0.4) is 0 Å². The Morgan fingerprint density at radius 1 is 1.05 bits per heavy atom. The van der Waals surface area contributed by atoms with E-state index < -0.39 is 0 Å². The minimum absolute atomic E-state index is 0.265. The molecule has 1 N–H and O–H groups in total. The van der Waals surface area contributed by atoms with E-state index in [2.05, 4.69) is 9.55 Å². The maximum absolute atomic E-state index is 9.37. The Morgan fingerprint density at radius 2 is 1.81 bits per heavy atom. The third-order valence-electron chi connectivity index (χ3n) is 3.46. The molecule has 0 aliphatic rings. The van der Waals surface area contributed by atoms with Gasteiger partial charge in [0.1, 0.15) is 5.75 Å². The van der Waals surface area contributed by atoms with E-state index in [1.807, 2.05) is 48.9 Å². The average Bonchev–Trinajstić information content (AvgIpc) is 2.96. The Morgan fingerprint density at radius 3 is 2.57 bits per heavy atom. The lowest BCUT2D eigenvalue weighted by molar-refractivity contribution is 0.475. The molecule has 3 rings (SSSR count). The van der Waals surface area contributed by atoms with Gasteiger partial charge in [0.15, 0.2) is 0 Å². The van der Waals surface area contributed by atoms with E-state index in [1.165, 1.54) is 0 Å². The van der Waals surface area contributed by atoms with Crippen LogP contribution in [0.1, 0.15) is 5.56 Å². The Labute approximate surface area is 128 Å². The van der Waals surface area contributed by atoms with E-state index in [1.54, 1.807) is 12.1 Å². The summed E-state index contributed by atoms with van der Waals surface area (Å²) in [4.78, 5) is 4.22. The highest BCUT2D eigenvalue weighted by molar-refractivity contribution is 6.31. The summed E-state index contributed by atoms with van der Waals surface area (Å²) < 4.78 is 2.09. The first-order chi connectivity index (χ1) is 10.2. The second-order valence-corrected chi connectivity index (χ2v) is 5.27. The minimum Gasteiger partial charge on any atom is -0.508 e. The van der Waals surface area contributed by atoms with Crippen molar-refractivity contribution in [2.24, 2.45) is 0 Å². The van der Waals surface area contributed by atoms with Gasteiger partial charge in [0.25, 0.3) is 0 Å². The molecule has 0 amide bonds. The maximum atomic E-state index is 9.37. The van der Waals surface area contributed by atoms with Crippen molar-refractivity contribution in [1.82, 2.24) is 9.55 Å². The van der Waals surface area contributed by atoms with Crippen LogP contribution in [0.4, 0.5) is 0 Å². The van der Waals surface area contributed by atoms with Crippen molar-refractivity contribution < 1.29 is 5.11 Å². The number of halogens is 1. The van der Waals surface area contributed by atoms with E-state index >= 15 is 0 Å². The Kier molecular flexibility index (Phi) is 3.93. The van der Waals surface area contributed by atoms with Crippen molar-refractivity contribution in [2.45, 2.75) is 13.0 Å². The van der Waals surface area contributed by atoms with Crippen molar-refractivity contribution in [3.63, 3.8) is 0 Å². The molecule has 3 nitrogen and oxygen atoms in total. The van der Waals surface area contributed by atoms with Crippen LogP contribution in [0.25, 0.3) is 11.3 Å². The highest BCUT2D eigenvalue weighted by atomic mass is 35.5. The molecule has 0 radical (unpaired) electrons. The predicted octanol–water partition coefficient (Wildman–Crippen LogP) is 4.15. The van der Waals surface area contributed by atoms with Gasteiger partial charge in [0, 0.05) is 17.1 Å². The molecule has 106 valence electrons. The molecule has 0 fully saturated rings. The zero-order valence-electron chi connectivity index (χ0n) is 11.4. The summed E-state index contributed by atoms with van der Waals surface area (Å²) in [5.41, 5.74) is 3.19. The molecule has 0 bridgehead atoms. The lowest BCUT2D eigenvalue weighted by atomic mass is 10.1. The zero-order valence-corrected chi connectivity index (χ0v) is 12.2. The fourth-order valence-corrected chi connectivity index (χ4v) is 2.54. The van der Waals surface area contributed by atoms with Gasteiger partial charge in [-0.1, -0.05) is 29.8 Å². The van der Waals surface area contributed by atoms with Crippen molar-refractivity contribution in [2.75, 3.05) is 0 Å². The first-order valence-electron chi connectivity index (χ1n) is 6.77. The summed E-state index contributed by atoms with van der Waals surface area (Å²) in [5, 5.41) is 10.2. The van der Waals surface area contributed by atoms with Crippen LogP contribution in [0.15, 0.2) is 61.1 Å². The molecule has 0 aliphatic carbocycles. The van der Waals surface area contributed by atoms with Gasteiger partial charge < -0.3 is 9.67 Å². The van der Waals surface area contributed by atoms with E-state index in [4.69, 9.17) is 11.6 Å². The molecular weight excluding hydrogens is 284 g/mol. The van der Waals surface area contributed by atoms with E-state index in [9.17, 15) is 5.11 Å². The molecule has 1 aromatic heterocycles. The van der Waals surface area contributed by atoms with Gasteiger partial charge in [-0.05, 0) is 42.3 Å². The summed E-state index contributed by atoms with van der Waals surface area (Å²) in [6, 6.07) is 15.0. The van der Waals surface area contributed by atoms with Crippen LogP contribution in [0.5, 0.6) is 5.75 Å². The van der Waals surface area contributed by atoms with Gasteiger partial charge in [-0.2, -0.15) is 0 Å². The van der Waals surface area contributed by atoms with Crippen molar-refractivity contribution in [1.29, 1.82) is 0 Å². The van der Waals surface area contributed by atoms with Crippen molar-refractivity contribution in [3.05, 3.63) is 71.6 Å². The van der Waals surface area contributed by atoms with Gasteiger partial charge in [-0.3, -0.25) is 0 Å². The molecule has 21 heavy (non-hydrogen) atoms. The van der Waals surface area contributed by atoms with E-state index in [-0.39, 0.29) is 5.75 Å². The highest BCUT2D eigenvalue weighted by Gasteiger charge is 2.06. The van der Waals surface area contributed by atoms with Crippen LogP contribution in [0.2, 0.25) is 5.02 Å². The third kappa shape index (κ3) is 3.09. The van der Waals surface area contributed by atoms with Gasteiger partial charge in [-0.15, -0.1) is 0 Å². The van der Waals surface area contributed by atoms with Crippen LogP contribution in [-0.4, -0.2) is 14.7 Å². The molecule has 2 aromatic carbocycles. The molecule has 0 unspecified atom stereocenters. The minimum atomic E-state index is 0.265. The molecule has 1 heterocycles. The number of nitrogens with zero attached hydrogens (tertiary/aromatic N) is 2. The summed E-state index contributed by atoms with van der Waals surface area (Å²) in [5.74, 6) is 0.265. The molecule has 0 aliphatic heterocycles. The Hall–Kier alpha value is -2.26. The number of hydrogen-bond donors (Lipinski definition) is 1. The van der Waals surface area contributed by atoms with Gasteiger partial charge >= 0.3 is 0 Å². The van der Waals surface area contributed by atoms with E-state index in [0.29, 0.717) is 0 Å². The fraction of sp³-hybridized carbons (Fsp3) is 0.118. The van der Waals surface area contributed by atoms with Gasteiger partial charge in [0.2, 0.25) is 0 Å². The second kappa shape index (κ2) is 6.02. The summed E-state index contributed by atoms with van der Waals surface area (Å²) in [6.45, 7) is 0.805. The number of phenolic OH excluding ortho intramolecular Hbond substituents is 1. The molecule has 0 spiro atoms. The highest BCUT2D eigenvalue weighted by Crippen LogP contribution is 2.22. The van der Waals surface area contributed by atoms with Crippen molar-refractivity contribution >= 4 is 11.6 Å². The normalized spacial score (nSPS) is 10.7. The Bertz CT molecular complexity index is 735. The van der Waals surface area contributed by atoms with Crippen molar-refractivity contribution in [3.8, 4) is 17.0 Å². The fourth-order valence-electron chi connectivity index (χ4n) is 2.31. The first kappa shape index (κ1) is 13.7. The van der Waals surface area contributed by atoms with E-state index in [0.717, 1.165) is 34.8 Å². The maximum Gasteiger partial charge on any atom is 0.115 e. The number of aromatic nitrogens is 2. The Balaban J connectivity index is 1.80. The SMILES string of the molecule is Oc1ccc(-c2cncn2CCc2ccccc2Cl)cc1. The molecule has 3 aromatic rings. The molecule has 4 heteroatoms. The number of benzene rings is 2. The number of hydrogen-bond acceptors (Lipinski definition) is 2. The van der Waals surface area contributed by atoms with Crippen LogP contribution in [-0.2, 0) is 13.0 Å². The zero-order chi connectivity index (χ0) is 14.7. The monoisotopic (exact) mass is 298 g/mol. The smallest absolute Gasteiger partial charge is 0.115 e. The average molecular weight is 299 g/mol. The number of aromatic hydroxyl groups is 1. The predicted molar refractivity (Wildman–Crippen MR) is 84.5 cm³/mol. The third-order valence-corrected chi connectivity index (χ3v) is 3.82. The molecule has 0 atom stereocenters. The summed E-state index contributed by atoms with van der Waals surface area (Å²) in [6.07, 6.45) is 4.50. The van der Waals surface area contributed by atoms with Crippen LogP contribution in [0, 0.1) is 0 Å². The van der Waals surface area contributed by atoms with Crippen LogP contribution < -0.4 is 0 Å². The quantitative estimate of drug-likeness (QED) is 0.785. The summed E-state index contributed by atoms with van der Waals surface area (Å²) >= 11 is 6.19. The number of phenols is 1. The number of rotatable bonds is 4. The second-order valence-electron chi connectivity index (χ2n) is 4.86. The topological polar surface area (TPSA) is 38.1 Å². The standard InChI is InChI=1S/C17H15ClN2O/c18-16-4-2-1-3-13(16)9-10-20-12-19-11-17(20)14-5-7-15(21)8-6-14/h1-8,11-12,21H,9-10H2. The largest absolute Gasteiger partial charge is 0.508 e. The summed E-state index contributed by atoms with van der Waals surface area (Å²) in [7, 11) is 0. The first-order valence-corrected chi connectivity index (χ1v) is 7.15. The molecule has 0 saturated heterocycles. The van der Waals surface area contributed by atoms with Gasteiger partial charge in [0.05, 0.1) is 18.2 Å². The molecular formula is C17H15ClN2O. The van der Waals surface area contributed by atoms with Gasteiger partial charge in [-0.25, -0.2) is 4.98 Å². The number of aryl methyl sites for hydroxylation is 2. The molecule has 0 saturated carbocycles. The lowest BCUT2D eigenvalue weighted by Gasteiger charge is -2.09. The lowest BCUT2D eigenvalue weighted by Crippen LogP contribution is -2.02.